The largest absolute Gasteiger partial charge is 0.493 e. The van der Waals surface area contributed by atoms with Crippen molar-refractivity contribution < 1.29 is 27.4 Å². The number of nitrogens with zero attached hydrogens (tertiary/aromatic N) is 1. The van der Waals surface area contributed by atoms with E-state index in [4.69, 9.17) is 16.3 Å². The highest BCUT2D eigenvalue weighted by Gasteiger charge is 2.41. The molecule has 0 spiro atoms. The summed E-state index contributed by atoms with van der Waals surface area (Å²) in [6.45, 7) is 0. The molecule has 0 bridgehead atoms. The van der Waals surface area contributed by atoms with E-state index in [9.17, 15) is 23.2 Å². The van der Waals surface area contributed by atoms with Crippen molar-refractivity contribution in [3.8, 4) is 17.6 Å². The average Bonchev–Trinajstić information content (AvgIpc) is 2.60. The van der Waals surface area contributed by atoms with Crippen LogP contribution in [0.25, 0.3) is 11.6 Å². The van der Waals surface area contributed by atoms with Crippen molar-refractivity contribution in [2.45, 2.75) is 6.18 Å². The monoisotopic (exact) mass is 381 g/mol. The molecular formula is C18H11ClF3NO3. The minimum absolute atomic E-state index is 0.0789. The van der Waals surface area contributed by atoms with E-state index in [0.29, 0.717) is 21.7 Å². The summed E-state index contributed by atoms with van der Waals surface area (Å²) in [5, 5.41) is 9.84. The molecule has 26 heavy (non-hydrogen) atoms. The first-order chi connectivity index (χ1) is 12.2. The van der Waals surface area contributed by atoms with E-state index in [1.54, 1.807) is 24.3 Å². The van der Waals surface area contributed by atoms with Gasteiger partial charge in [0.1, 0.15) is 0 Å². The molecule has 2 rings (SSSR count). The SMILES string of the molecule is COc1cc(/C=C(\C#N)c2ccc(Cl)cc2)ccc1OC(=O)C(F)(F)F. The average molecular weight is 382 g/mol. The molecule has 0 atom stereocenters. The van der Waals surface area contributed by atoms with Crippen LogP contribution in [0.4, 0.5) is 13.2 Å². The Balaban J connectivity index is 2.34. The lowest BCUT2D eigenvalue weighted by molar-refractivity contribution is -0.189. The molecule has 8 heteroatoms. The van der Waals surface area contributed by atoms with Gasteiger partial charge in [0.15, 0.2) is 11.5 Å². The summed E-state index contributed by atoms with van der Waals surface area (Å²) in [5.41, 5.74) is 1.40. The number of nitriles is 1. The number of hydrogen-bond acceptors (Lipinski definition) is 4. The second-order valence-electron chi connectivity index (χ2n) is 4.97. The third-order valence-corrected chi connectivity index (χ3v) is 3.46. The summed E-state index contributed by atoms with van der Waals surface area (Å²) < 4.78 is 46.2. The summed E-state index contributed by atoms with van der Waals surface area (Å²) in [4.78, 5) is 11.0. The summed E-state index contributed by atoms with van der Waals surface area (Å²) >= 11 is 5.81. The van der Waals surface area contributed by atoms with Gasteiger partial charge in [-0.3, -0.25) is 0 Å². The van der Waals surface area contributed by atoms with Crippen LogP contribution in [-0.4, -0.2) is 19.3 Å². The van der Waals surface area contributed by atoms with E-state index in [-0.39, 0.29) is 11.5 Å². The highest BCUT2D eigenvalue weighted by Crippen LogP contribution is 2.31. The first kappa shape index (κ1) is 19.3. The van der Waals surface area contributed by atoms with Crippen LogP contribution in [0.5, 0.6) is 11.5 Å². The smallest absolute Gasteiger partial charge is 0.491 e. The minimum atomic E-state index is -5.12. The maximum absolute atomic E-state index is 12.3. The summed E-state index contributed by atoms with van der Waals surface area (Å²) in [5.74, 6) is -2.81. The van der Waals surface area contributed by atoms with Crippen LogP contribution in [0.2, 0.25) is 5.02 Å². The number of rotatable bonds is 4. The Morgan fingerprint density at radius 1 is 1.15 bits per heavy atom. The lowest BCUT2D eigenvalue weighted by atomic mass is 10.0. The van der Waals surface area contributed by atoms with Crippen molar-refractivity contribution in [3.05, 3.63) is 58.6 Å². The number of allylic oxidation sites excluding steroid dienone is 1. The van der Waals surface area contributed by atoms with Gasteiger partial charge in [-0.05, 0) is 41.5 Å². The van der Waals surface area contributed by atoms with Crippen LogP contribution >= 0.6 is 11.6 Å². The first-order valence-corrected chi connectivity index (χ1v) is 7.47. The normalized spacial score (nSPS) is 11.6. The standard InChI is InChI=1S/C18H11ClF3NO3/c1-25-16-9-11(2-7-15(16)26-17(24)18(20,21)22)8-13(10-23)12-3-5-14(19)6-4-12/h2-9H,1H3/b13-8+. The maximum Gasteiger partial charge on any atom is 0.491 e. The Bertz CT molecular complexity index is 884. The molecule has 0 aromatic heterocycles. The van der Waals surface area contributed by atoms with Gasteiger partial charge in [-0.15, -0.1) is 0 Å². The number of alkyl halides is 3. The molecule has 0 aliphatic rings. The number of benzene rings is 2. The number of halogens is 4. The molecule has 0 amide bonds. The zero-order chi connectivity index (χ0) is 19.3. The molecule has 0 heterocycles. The lowest BCUT2D eigenvalue weighted by Crippen LogP contribution is -2.28. The van der Waals surface area contributed by atoms with Gasteiger partial charge >= 0.3 is 12.1 Å². The van der Waals surface area contributed by atoms with Crippen LogP contribution in [0.3, 0.4) is 0 Å². The summed E-state index contributed by atoms with van der Waals surface area (Å²) in [6.07, 6.45) is -3.60. The van der Waals surface area contributed by atoms with Gasteiger partial charge in [-0.1, -0.05) is 29.8 Å². The van der Waals surface area contributed by atoms with Crippen molar-refractivity contribution in [2.24, 2.45) is 0 Å². The maximum atomic E-state index is 12.3. The molecule has 2 aromatic rings. The molecule has 4 nitrogen and oxygen atoms in total. The van der Waals surface area contributed by atoms with E-state index in [1.165, 1.54) is 25.3 Å². The van der Waals surface area contributed by atoms with Crippen LogP contribution in [0.1, 0.15) is 11.1 Å². The molecule has 0 saturated heterocycles. The van der Waals surface area contributed by atoms with E-state index in [1.807, 2.05) is 6.07 Å². The number of carbonyl (C=O) groups is 1. The molecule has 0 N–H and O–H groups in total. The fourth-order valence-corrected chi connectivity index (χ4v) is 2.12. The second kappa shape index (κ2) is 7.93. The second-order valence-corrected chi connectivity index (χ2v) is 5.41. The molecule has 0 aliphatic heterocycles. The van der Waals surface area contributed by atoms with E-state index < -0.39 is 12.1 Å². The van der Waals surface area contributed by atoms with Gasteiger partial charge in [-0.25, -0.2) is 4.79 Å². The number of hydrogen-bond donors (Lipinski definition) is 0. The predicted octanol–water partition coefficient (Wildman–Crippen LogP) is 4.88. The van der Waals surface area contributed by atoms with Crippen molar-refractivity contribution in [2.75, 3.05) is 7.11 Å². The Morgan fingerprint density at radius 2 is 1.81 bits per heavy atom. The Morgan fingerprint density at radius 3 is 2.35 bits per heavy atom. The van der Waals surface area contributed by atoms with Crippen molar-refractivity contribution in [3.63, 3.8) is 0 Å². The highest BCUT2D eigenvalue weighted by molar-refractivity contribution is 6.30. The van der Waals surface area contributed by atoms with Crippen LogP contribution in [0, 0.1) is 11.3 Å². The van der Waals surface area contributed by atoms with E-state index in [2.05, 4.69) is 4.74 Å². The molecule has 2 aromatic carbocycles. The quantitative estimate of drug-likeness (QED) is 0.328. The molecule has 0 saturated carbocycles. The van der Waals surface area contributed by atoms with Gasteiger partial charge in [0.25, 0.3) is 0 Å². The lowest BCUT2D eigenvalue weighted by Gasteiger charge is -2.11. The fourth-order valence-electron chi connectivity index (χ4n) is 1.99. The molecule has 0 fully saturated rings. The molecule has 0 aliphatic carbocycles. The number of esters is 1. The van der Waals surface area contributed by atoms with E-state index in [0.717, 1.165) is 6.07 Å². The van der Waals surface area contributed by atoms with Gasteiger partial charge in [0.2, 0.25) is 0 Å². The number of carbonyl (C=O) groups excluding carboxylic acids is 1. The molecular weight excluding hydrogens is 371 g/mol. The van der Waals surface area contributed by atoms with Gasteiger partial charge < -0.3 is 9.47 Å². The topological polar surface area (TPSA) is 59.3 Å². The van der Waals surface area contributed by atoms with Crippen molar-refractivity contribution in [1.29, 1.82) is 5.26 Å². The van der Waals surface area contributed by atoms with Gasteiger partial charge in [0, 0.05) is 5.02 Å². The Labute approximate surface area is 152 Å². The van der Waals surface area contributed by atoms with Gasteiger partial charge in [-0.2, -0.15) is 18.4 Å². The molecule has 134 valence electrons. The van der Waals surface area contributed by atoms with Crippen molar-refractivity contribution in [1.82, 2.24) is 0 Å². The number of ether oxygens (including phenoxy) is 2. The van der Waals surface area contributed by atoms with Gasteiger partial charge in [0.05, 0.1) is 18.8 Å². The molecule has 0 radical (unpaired) electrons. The third-order valence-electron chi connectivity index (χ3n) is 3.21. The highest BCUT2D eigenvalue weighted by atomic mass is 35.5. The number of methoxy groups -OCH3 is 1. The zero-order valence-corrected chi connectivity index (χ0v) is 14.1. The van der Waals surface area contributed by atoms with Crippen LogP contribution in [0.15, 0.2) is 42.5 Å². The first-order valence-electron chi connectivity index (χ1n) is 7.09. The molecule has 0 unspecified atom stereocenters. The Hall–Kier alpha value is -2.98. The van der Waals surface area contributed by atoms with Crippen LogP contribution in [-0.2, 0) is 4.79 Å². The zero-order valence-electron chi connectivity index (χ0n) is 13.3. The Kier molecular flexibility index (Phi) is 5.90. The van der Waals surface area contributed by atoms with E-state index >= 15 is 0 Å². The summed E-state index contributed by atoms with van der Waals surface area (Å²) in [6, 6.07) is 12.5. The van der Waals surface area contributed by atoms with Crippen LogP contribution < -0.4 is 9.47 Å². The van der Waals surface area contributed by atoms with Crippen molar-refractivity contribution >= 4 is 29.2 Å². The summed E-state index contributed by atoms with van der Waals surface area (Å²) in [7, 11) is 1.22. The fraction of sp³-hybridized carbons (Fsp3) is 0.111. The third kappa shape index (κ3) is 4.77. The predicted molar refractivity (Wildman–Crippen MR) is 89.6 cm³/mol. The minimum Gasteiger partial charge on any atom is -0.493 e.